The fourth-order valence-electron chi connectivity index (χ4n) is 2.48. The molecule has 0 unspecified atom stereocenters. The van der Waals surface area contributed by atoms with E-state index in [2.05, 4.69) is 15.5 Å². The molecule has 3 rings (SSSR count). The van der Waals surface area contributed by atoms with Crippen LogP contribution in [0.5, 0.6) is 5.75 Å². The zero-order valence-corrected chi connectivity index (χ0v) is 15.7. The number of amides is 1. The number of esters is 1. The van der Waals surface area contributed by atoms with Gasteiger partial charge in [0.15, 0.2) is 6.10 Å². The van der Waals surface area contributed by atoms with E-state index >= 15 is 0 Å². The summed E-state index contributed by atoms with van der Waals surface area (Å²) in [5, 5.41) is 10.2. The Hall–Kier alpha value is -3.75. The van der Waals surface area contributed by atoms with Crippen molar-refractivity contribution < 1.29 is 27.9 Å². The second-order valence-electron chi connectivity index (χ2n) is 5.97. The van der Waals surface area contributed by atoms with E-state index in [-0.39, 0.29) is 24.1 Å². The van der Waals surface area contributed by atoms with Gasteiger partial charge in [0, 0.05) is 5.56 Å². The minimum absolute atomic E-state index is 0.0775. The number of ether oxygens (including phenoxy) is 2. The van der Waals surface area contributed by atoms with Crippen molar-refractivity contribution in [3.8, 4) is 17.2 Å². The number of methoxy groups -OCH3 is 1. The number of carbonyl (C=O) groups is 2. The van der Waals surface area contributed by atoms with E-state index in [1.807, 2.05) is 0 Å². The van der Waals surface area contributed by atoms with Gasteiger partial charge in [0.25, 0.3) is 11.8 Å². The van der Waals surface area contributed by atoms with Crippen LogP contribution >= 0.6 is 0 Å². The number of benzene rings is 2. The summed E-state index contributed by atoms with van der Waals surface area (Å²) in [7, 11) is 1.45. The fraction of sp³-hybridized carbons (Fsp3) is 0.200. The maximum Gasteiger partial charge on any atom is 0.326 e. The van der Waals surface area contributed by atoms with Gasteiger partial charge < -0.3 is 19.2 Å². The number of hydrogen-bond donors (Lipinski definition) is 1. The molecule has 0 saturated heterocycles. The molecule has 3 aromatic rings. The van der Waals surface area contributed by atoms with Crippen LogP contribution in [0.1, 0.15) is 29.3 Å². The molecule has 1 amide bonds. The number of hydrogen-bond acceptors (Lipinski definition) is 7. The third-order valence-electron chi connectivity index (χ3n) is 3.93. The Labute approximate surface area is 165 Å². The smallest absolute Gasteiger partial charge is 0.326 e. The Morgan fingerprint density at radius 3 is 2.59 bits per heavy atom. The van der Waals surface area contributed by atoms with Crippen LogP contribution in [-0.2, 0) is 9.53 Å². The second-order valence-corrected chi connectivity index (χ2v) is 5.97. The SMILES string of the molecule is COc1ccccc1C(=O)NCC(=O)O[C@H](C)c1nnc(-c2ccc(F)cc2)o1. The summed E-state index contributed by atoms with van der Waals surface area (Å²) in [5.74, 6) is -0.885. The van der Waals surface area contributed by atoms with E-state index in [0.29, 0.717) is 16.9 Å². The Kier molecular flexibility index (Phi) is 6.18. The molecule has 1 N–H and O–H groups in total. The first-order valence-corrected chi connectivity index (χ1v) is 8.68. The Morgan fingerprint density at radius 1 is 1.14 bits per heavy atom. The average Bonchev–Trinajstić information content (AvgIpc) is 3.23. The molecular weight excluding hydrogens is 381 g/mol. The first kappa shape index (κ1) is 20.0. The van der Waals surface area contributed by atoms with E-state index in [9.17, 15) is 14.0 Å². The van der Waals surface area contributed by atoms with Crippen LogP contribution in [0.2, 0.25) is 0 Å². The van der Waals surface area contributed by atoms with Gasteiger partial charge >= 0.3 is 5.97 Å². The molecule has 0 aliphatic carbocycles. The molecule has 150 valence electrons. The first-order chi connectivity index (χ1) is 14.0. The maximum absolute atomic E-state index is 13.0. The van der Waals surface area contributed by atoms with Crippen molar-refractivity contribution in [2.24, 2.45) is 0 Å². The zero-order valence-electron chi connectivity index (χ0n) is 15.7. The maximum atomic E-state index is 13.0. The highest BCUT2D eigenvalue weighted by Crippen LogP contribution is 2.22. The van der Waals surface area contributed by atoms with Crippen LogP contribution in [0.3, 0.4) is 0 Å². The fourth-order valence-corrected chi connectivity index (χ4v) is 2.48. The van der Waals surface area contributed by atoms with Crippen LogP contribution in [0.15, 0.2) is 52.9 Å². The number of aromatic nitrogens is 2. The van der Waals surface area contributed by atoms with Gasteiger partial charge in [-0.2, -0.15) is 0 Å². The van der Waals surface area contributed by atoms with Gasteiger partial charge in [0.1, 0.15) is 18.1 Å². The zero-order chi connectivity index (χ0) is 20.8. The third-order valence-corrected chi connectivity index (χ3v) is 3.93. The van der Waals surface area contributed by atoms with Crippen LogP contribution in [-0.4, -0.2) is 35.7 Å². The van der Waals surface area contributed by atoms with Crippen molar-refractivity contribution in [2.45, 2.75) is 13.0 Å². The van der Waals surface area contributed by atoms with Gasteiger partial charge in [-0.25, -0.2) is 4.39 Å². The van der Waals surface area contributed by atoms with Crippen molar-refractivity contribution in [3.63, 3.8) is 0 Å². The van der Waals surface area contributed by atoms with E-state index in [1.54, 1.807) is 31.2 Å². The van der Waals surface area contributed by atoms with Gasteiger partial charge in [-0.3, -0.25) is 9.59 Å². The summed E-state index contributed by atoms with van der Waals surface area (Å²) in [6.45, 7) is 1.21. The molecule has 0 aliphatic heterocycles. The van der Waals surface area contributed by atoms with Gasteiger partial charge in [0.05, 0.1) is 12.7 Å². The molecule has 0 spiro atoms. The normalized spacial score (nSPS) is 11.6. The summed E-state index contributed by atoms with van der Waals surface area (Å²) in [4.78, 5) is 24.2. The molecule has 1 aromatic heterocycles. The molecule has 0 aliphatic rings. The highest BCUT2D eigenvalue weighted by molar-refractivity contribution is 5.98. The lowest BCUT2D eigenvalue weighted by atomic mass is 10.2. The molecular formula is C20H18FN3O5. The highest BCUT2D eigenvalue weighted by atomic mass is 19.1. The second kappa shape index (κ2) is 8.96. The number of para-hydroxylation sites is 1. The number of carbonyl (C=O) groups excluding carboxylic acids is 2. The minimum atomic E-state index is -0.827. The topological polar surface area (TPSA) is 104 Å². The molecule has 1 heterocycles. The van der Waals surface area contributed by atoms with Gasteiger partial charge in [-0.15, -0.1) is 10.2 Å². The summed E-state index contributed by atoms with van der Waals surface area (Å²) in [6, 6.07) is 12.2. The summed E-state index contributed by atoms with van der Waals surface area (Å²) in [5.41, 5.74) is 0.837. The summed E-state index contributed by atoms with van der Waals surface area (Å²) < 4.78 is 28.8. The van der Waals surface area contributed by atoms with E-state index in [0.717, 1.165) is 0 Å². The van der Waals surface area contributed by atoms with Gasteiger partial charge in [-0.05, 0) is 43.3 Å². The van der Waals surface area contributed by atoms with Crippen molar-refractivity contribution >= 4 is 11.9 Å². The molecule has 1 atom stereocenters. The Balaban J connectivity index is 1.55. The third kappa shape index (κ3) is 4.95. The largest absolute Gasteiger partial charge is 0.496 e. The predicted molar refractivity (Wildman–Crippen MR) is 99.5 cm³/mol. The lowest BCUT2D eigenvalue weighted by Gasteiger charge is -2.11. The number of halogens is 1. The summed E-state index contributed by atoms with van der Waals surface area (Å²) >= 11 is 0. The van der Waals surface area contributed by atoms with Gasteiger partial charge in [0.2, 0.25) is 5.89 Å². The van der Waals surface area contributed by atoms with Crippen molar-refractivity contribution in [1.82, 2.24) is 15.5 Å². The van der Waals surface area contributed by atoms with Crippen LogP contribution in [0.4, 0.5) is 4.39 Å². The Bertz CT molecular complexity index is 1000. The van der Waals surface area contributed by atoms with E-state index < -0.39 is 18.0 Å². The lowest BCUT2D eigenvalue weighted by molar-refractivity contribution is -0.148. The van der Waals surface area contributed by atoms with Gasteiger partial charge in [-0.1, -0.05) is 12.1 Å². The number of nitrogens with zero attached hydrogens (tertiary/aromatic N) is 2. The highest BCUT2D eigenvalue weighted by Gasteiger charge is 2.20. The van der Waals surface area contributed by atoms with Crippen LogP contribution in [0, 0.1) is 5.82 Å². The molecule has 9 heteroatoms. The predicted octanol–water partition coefficient (Wildman–Crippen LogP) is 2.92. The molecule has 8 nitrogen and oxygen atoms in total. The molecule has 0 radical (unpaired) electrons. The molecule has 0 saturated carbocycles. The monoisotopic (exact) mass is 399 g/mol. The molecule has 0 fully saturated rings. The molecule has 2 aromatic carbocycles. The Morgan fingerprint density at radius 2 is 1.86 bits per heavy atom. The number of rotatable bonds is 7. The standard InChI is InChI=1S/C20H18FN3O5/c1-12(19-23-24-20(29-19)13-7-9-14(21)10-8-13)28-17(25)11-22-18(26)15-5-3-4-6-16(15)27-2/h3-10,12H,11H2,1-2H3,(H,22,26)/t12-/m1/s1. The molecule has 29 heavy (non-hydrogen) atoms. The quantitative estimate of drug-likeness (QED) is 0.609. The van der Waals surface area contributed by atoms with E-state index in [1.165, 1.54) is 31.4 Å². The van der Waals surface area contributed by atoms with Crippen molar-refractivity contribution in [1.29, 1.82) is 0 Å². The average molecular weight is 399 g/mol. The van der Waals surface area contributed by atoms with E-state index in [4.69, 9.17) is 13.9 Å². The van der Waals surface area contributed by atoms with Crippen LogP contribution < -0.4 is 10.1 Å². The number of nitrogens with one attached hydrogen (secondary N) is 1. The first-order valence-electron chi connectivity index (χ1n) is 8.68. The van der Waals surface area contributed by atoms with Crippen LogP contribution in [0.25, 0.3) is 11.5 Å². The minimum Gasteiger partial charge on any atom is -0.496 e. The summed E-state index contributed by atoms with van der Waals surface area (Å²) in [6.07, 6.45) is -0.827. The molecule has 0 bridgehead atoms. The lowest BCUT2D eigenvalue weighted by Crippen LogP contribution is -2.31. The van der Waals surface area contributed by atoms with Crippen molar-refractivity contribution in [2.75, 3.05) is 13.7 Å². The van der Waals surface area contributed by atoms with Crippen molar-refractivity contribution in [3.05, 3.63) is 65.8 Å².